The third-order valence-corrected chi connectivity index (χ3v) is 6.59. The van der Waals surface area contributed by atoms with Crippen molar-refractivity contribution in [2.75, 3.05) is 14.2 Å². The van der Waals surface area contributed by atoms with Gasteiger partial charge in [0, 0.05) is 16.2 Å². The van der Waals surface area contributed by atoms with E-state index in [0.717, 1.165) is 32.8 Å². The van der Waals surface area contributed by atoms with Gasteiger partial charge in [0.1, 0.15) is 14.5 Å². The molecule has 11 nitrogen and oxygen atoms in total. The molecule has 2 heterocycles. The largest absolute Gasteiger partial charge is 0.504 e. The summed E-state index contributed by atoms with van der Waals surface area (Å²) in [4.78, 5) is 31.9. The molecule has 0 aliphatic heterocycles. The number of nitro groups is 1. The molecule has 0 unspecified atom stereocenters. The first kappa shape index (κ1) is 23.6. The second kappa shape index (κ2) is 9.18. The maximum Gasteiger partial charge on any atom is 0.345 e. The standard InChI is InChI=1S/C10H7NO6S.C10H8O4S/c1-17-5-2-4-3-6(10(13)14)18-9(4)7(8(5)12)11(15)16;1-14-7-2-5-3-9(10(12)13)15-8(5)4-6(7)11/h2-3,12H,1H3,(H,13,14);2-4,11H,1H3,(H,12,13). The third-order valence-electron chi connectivity index (χ3n) is 4.36. The Morgan fingerprint density at radius 3 is 1.97 bits per heavy atom. The van der Waals surface area contributed by atoms with Crippen LogP contribution >= 0.6 is 22.7 Å². The van der Waals surface area contributed by atoms with Gasteiger partial charge >= 0.3 is 17.6 Å². The number of fused-ring (bicyclic) bond motifs is 2. The fourth-order valence-electron chi connectivity index (χ4n) is 2.89. The molecule has 2 aromatic heterocycles. The number of aromatic hydroxyl groups is 2. The summed E-state index contributed by atoms with van der Waals surface area (Å²) in [6.45, 7) is 0. The zero-order valence-electron chi connectivity index (χ0n) is 16.9. The molecule has 172 valence electrons. The van der Waals surface area contributed by atoms with Crippen LogP contribution in [-0.4, -0.2) is 51.5 Å². The number of rotatable bonds is 5. The van der Waals surface area contributed by atoms with Crippen molar-refractivity contribution >= 4 is 60.5 Å². The molecule has 0 fully saturated rings. The SMILES string of the molecule is COc1cc2cc(C(=O)O)sc2c([N+](=O)[O-])c1O.COc1cc2cc(C(=O)O)sc2cc1O. The molecule has 0 saturated heterocycles. The lowest BCUT2D eigenvalue weighted by molar-refractivity contribution is -0.383. The van der Waals surface area contributed by atoms with Gasteiger partial charge < -0.3 is 29.9 Å². The van der Waals surface area contributed by atoms with Gasteiger partial charge in [0.25, 0.3) is 0 Å². The molecule has 33 heavy (non-hydrogen) atoms. The molecule has 4 rings (SSSR count). The number of phenols is 2. The van der Waals surface area contributed by atoms with Crippen LogP contribution in [0.3, 0.4) is 0 Å². The average molecular weight is 493 g/mol. The first-order valence-corrected chi connectivity index (χ1v) is 10.5. The topological polar surface area (TPSA) is 177 Å². The highest BCUT2D eigenvalue weighted by Crippen LogP contribution is 2.45. The highest BCUT2D eigenvalue weighted by molar-refractivity contribution is 7.21. The van der Waals surface area contributed by atoms with Gasteiger partial charge in [-0.2, -0.15) is 0 Å². The Kier molecular flexibility index (Phi) is 6.55. The van der Waals surface area contributed by atoms with Gasteiger partial charge in [-0.15, -0.1) is 22.7 Å². The Hall–Kier alpha value is -4.10. The molecular formula is C20H15NO10S2. The number of ether oxygens (including phenoxy) is 2. The number of carboxylic acid groups (broad SMARTS) is 2. The van der Waals surface area contributed by atoms with E-state index in [1.807, 2.05) is 0 Å². The van der Waals surface area contributed by atoms with E-state index in [1.54, 1.807) is 12.1 Å². The second-order valence-corrected chi connectivity index (χ2v) is 8.48. The summed E-state index contributed by atoms with van der Waals surface area (Å²) in [6, 6.07) is 7.35. The zero-order chi connectivity index (χ0) is 24.4. The van der Waals surface area contributed by atoms with Gasteiger partial charge in [-0.05, 0) is 29.7 Å². The first-order valence-electron chi connectivity index (χ1n) is 8.82. The van der Waals surface area contributed by atoms with Gasteiger partial charge in [0.15, 0.2) is 17.2 Å². The van der Waals surface area contributed by atoms with E-state index in [9.17, 15) is 29.9 Å². The monoisotopic (exact) mass is 493 g/mol. The molecular weight excluding hydrogens is 478 g/mol. The van der Waals surface area contributed by atoms with Crippen LogP contribution in [0.1, 0.15) is 19.3 Å². The molecule has 0 aliphatic carbocycles. The van der Waals surface area contributed by atoms with Crippen LogP contribution in [0, 0.1) is 10.1 Å². The summed E-state index contributed by atoms with van der Waals surface area (Å²) in [7, 11) is 2.71. The van der Waals surface area contributed by atoms with Crippen molar-refractivity contribution in [1.29, 1.82) is 0 Å². The van der Waals surface area contributed by atoms with Crippen molar-refractivity contribution in [3.63, 3.8) is 0 Å². The van der Waals surface area contributed by atoms with Crippen LogP contribution in [-0.2, 0) is 0 Å². The molecule has 0 amide bonds. The molecule has 13 heteroatoms. The molecule has 4 aromatic rings. The number of nitrogens with zero attached hydrogens (tertiary/aromatic N) is 1. The van der Waals surface area contributed by atoms with Crippen LogP contribution in [0.2, 0.25) is 0 Å². The number of benzene rings is 2. The molecule has 0 saturated carbocycles. The highest BCUT2D eigenvalue weighted by Gasteiger charge is 2.26. The molecule has 0 spiro atoms. The Morgan fingerprint density at radius 1 is 0.879 bits per heavy atom. The van der Waals surface area contributed by atoms with Crippen LogP contribution in [0.15, 0.2) is 30.3 Å². The minimum Gasteiger partial charge on any atom is -0.504 e. The molecule has 4 N–H and O–H groups in total. The van der Waals surface area contributed by atoms with E-state index in [0.29, 0.717) is 11.1 Å². The molecule has 2 aromatic carbocycles. The third kappa shape index (κ3) is 4.58. The summed E-state index contributed by atoms with van der Waals surface area (Å²) in [5.74, 6) is -2.45. The Bertz CT molecular complexity index is 1410. The van der Waals surface area contributed by atoms with Crippen molar-refractivity contribution in [3.8, 4) is 23.0 Å². The molecule has 0 radical (unpaired) electrons. The average Bonchev–Trinajstić information content (AvgIpc) is 3.36. The summed E-state index contributed by atoms with van der Waals surface area (Å²) >= 11 is 1.86. The quantitative estimate of drug-likeness (QED) is 0.228. The fourth-order valence-corrected chi connectivity index (χ4v) is 4.80. The van der Waals surface area contributed by atoms with Crippen molar-refractivity contribution in [2.24, 2.45) is 0 Å². The van der Waals surface area contributed by atoms with Crippen LogP contribution < -0.4 is 9.47 Å². The molecule has 0 aliphatic rings. The van der Waals surface area contributed by atoms with Crippen molar-refractivity contribution in [3.05, 3.63) is 50.2 Å². The zero-order valence-corrected chi connectivity index (χ0v) is 18.5. The number of aromatic carboxylic acids is 2. The lowest BCUT2D eigenvalue weighted by atomic mass is 10.2. The van der Waals surface area contributed by atoms with E-state index in [2.05, 4.69) is 0 Å². The fraction of sp³-hybridized carbons (Fsp3) is 0.100. The van der Waals surface area contributed by atoms with E-state index >= 15 is 0 Å². The van der Waals surface area contributed by atoms with E-state index in [4.69, 9.17) is 19.7 Å². The number of hydrogen-bond donors (Lipinski definition) is 4. The number of methoxy groups -OCH3 is 2. The number of nitro benzene ring substituents is 1. The maximum atomic E-state index is 10.9. The lowest BCUT2D eigenvalue weighted by Crippen LogP contribution is -1.92. The summed E-state index contributed by atoms with van der Waals surface area (Å²) in [5, 5.41) is 48.9. The highest BCUT2D eigenvalue weighted by atomic mass is 32.1. The van der Waals surface area contributed by atoms with Crippen LogP contribution in [0.5, 0.6) is 23.0 Å². The number of phenolic OH excluding ortho intramolecular Hbond substituents is 2. The van der Waals surface area contributed by atoms with E-state index in [-0.39, 0.29) is 26.0 Å². The predicted octanol–water partition coefficient (Wildman–Crippen LogP) is 4.54. The Balaban J connectivity index is 0.000000189. The van der Waals surface area contributed by atoms with Gasteiger partial charge in [-0.25, -0.2) is 9.59 Å². The minimum atomic E-state index is -1.18. The van der Waals surface area contributed by atoms with Gasteiger partial charge in [0.05, 0.1) is 19.1 Å². The number of carboxylic acids is 2. The van der Waals surface area contributed by atoms with Gasteiger partial charge in [0.2, 0.25) is 5.75 Å². The number of hydrogen-bond acceptors (Lipinski definition) is 10. The van der Waals surface area contributed by atoms with E-state index in [1.165, 1.54) is 32.4 Å². The number of carbonyl (C=O) groups is 2. The Morgan fingerprint density at radius 2 is 1.42 bits per heavy atom. The molecule has 0 atom stereocenters. The van der Waals surface area contributed by atoms with Crippen LogP contribution in [0.4, 0.5) is 5.69 Å². The summed E-state index contributed by atoms with van der Waals surface area (Å²) in [5.41, 5.74) is -0.540. The van der Waals surface area contributed by atoms with Crippen molar-refractivity contribution in [1.82, 2.24) is 0 Å². The first-order chi connectivity index (χ1) is 15.6. The lowest BCUT2D eigenvalue weighted by Gasteiger charge is -2.04. The predicted molar refractivity (Wildman–Crippen MR) is 121 cm³/mol. The van der Waals surface area contributed by atoms with Gasteiger partial charge in [-0.1, -0.05) is 0 Å². The molecule has 0 bridgehead atoms. The smallest absolute Gasteiger partial charge is 0.345 e. The number of thiophene rings is 2. The van der Waals surface area contributed by atoms with Crippen molar-refractivity contribution < 1.29 is 44.4 Å². The van der Waals surface area contributed by atoms with E-state index < -0.39 is 28.3 Å². The summed E-state index contributed by atoms with van der Waals surface area (Å²) in [6.07, 6.45) is 0. The normalized spacial score (nSPS) is 10.5. The van der Waals surface area contributed by atoms with Crippen molar-refractivity contribution in [2.45, 2.75) is 0 Å². The Labute approximate surface area is 192 Å². The maximum absolute atomic E-state index is 10.9. The summed E-state index contributed by atoms with van der Waals surface area (Å²) < 4.78 is 10.6. The van der Waals surface area contributed by atoms with Gasteiger partial charge in [-0.3, -0.25) is 10.1 Å². The van der Waals surface area contributed by atoms with Crippen LogP contribution in [0.25, 0.3) is 20.2 Å². The minimum absolute atomic E-state index is 0.0174. The second-order valence-electron chi connectivity index (χ2n) is 6.34.